The summed E-state index contributed by atoms with van der Waals surface area (Å²) in [7, 11) is 0. The van der Waals surface area contributed by atoms with Crippen LogP contribution >= 0.6 is 0 Å². The lowest BCUT2D eigenvalue weighted by Crippen LogP contribution is -2.59. The highest BCUT2D eigenvalue weighted by Crippen LogP contribution is 2.39. The van der Waals surface area contributed by atoms with Crippen LogP contribution in [-0.2, 0) is 11.2 Å². The summed E-state index contributed by atoms with van der Waals surface area (Å²) in [5.74, 6) is 0. The smallest absolute Gasteiger partial charge is 0.0764 e. The van der Waals surface area contributed by atoms with Crippen molar-refractivity contribution >= 4 is 0 Å². The molecule has 1 aliphatic heterocycles. The molecule has 1 aliphatic carbocycles. The predicted molar refractivity (Wildman–Crippen MR) is 77.5 cm³/mol. The van der Waals surface area contributed by atoms with Gasteiger partial charge in [-0.1, -0.05) is 18.9 Å². The van der Waals surface area contributed by atoms with Crippen LogP contribution in [0.1, 0.15) is 31.2 Å². The van der Waals surface area contributed by atoms with Crippen molar-refractivity contribution in [3.05, 3.63) is 30.1 Å². The van der Waals surface area contributed by atoms with E-state index in [0.717, 1.165) is 44.7 Å². The molecule has 1 saturated heterocycles. The van der Waals surface area contributed by atoms with E-state index in [4.69, 9.17) is 4.74 Å². The van der Waals surface area contributed by atoms with Crippen LogP contribution < -0.4 is 0 Å². The lowest BCUT2D eigenvalue weighted by Gasteiger charge is -2.46. The molecule has 4 heteroatoms. The maximum absolute atomic E-state index is 10.9. The highest BCUT2D eigenvalue weighted by atomic mass is 16.5. The number of nitrogens with zero attached hydrogens (tertiary/aromatic N) is 2. The summed E-state index contributed by atoms with van der Waals surface area (Å²) in [6, 6.07) is 4.00. The van der Waals surface area contributed by atoms with Crippen LogP contribution in [0.2, 0.25) is 0 Å². The summed E-state index contributed by atoms with van der Waals surface area (Å²) in [6.45, 7) is 3.48. The number of aliphatic hydroxyl groups excluding tert-OH is 1. The minimum atomic E-state index is -0.313. The van der Waals surface area contributed by atoms with Gasteiger partial charge in [0.1, 0.15) is 0 Å². The van der Waals surface area contributed by atoms with E-state index in [0.29, 0.717) is 6.42 Å². The Kier molecular flexibility index (Phi) is 4.34. The van der Waals surface area contributed by atoms with E-state index in [2.05, 4.69) is 16.0 Å². The Balaban J connectivity index is 1.75. The van der Waals surface area contributed by atoms with Crippen molar-refractivity contribution in [1.29, 1.82) is 0 Å². The number of morpholine rings is 1. The molecule has 0 bridgehead atoms. The van der Waals surface area contributed by atoms with Crippen molar-refractivity contribution in [2.75, 3.05) is 26.3 Å². The molecule has 20 heavy (non-hydrogen) atoms. The van der Waals surface area contributed by atoms with Crippen molar-refractivity contribution in [1.82, 2.24) is 9.88 Å². The van der Waals surface area contributed by atoms with Gasteiger partial charge >= 0.3 is 0 Å². The molecule has 1 aromatic heterocycles. The average molecular weight is 276 g/mol. The molecule has 4 nitrogen and oxygen atoms in total. The molecule has 1 aromatic rings. The molecule has 0 radical (unpaired) electrons. The fourth-order valence-electron chi connectivity index (χ4n) is 3.79. The summed E-state index contributed by atoms with van der Waals surface area (Å²) in [5.41, 5.74) is 1.08. The quantitative estimate of drug-likeness (QED) is 0.908. The number of rotatable bonds is 4. The number of pyridine rings is 1. The first-order chi connectivity index (χ1) is 9.81. The van der Waals surface area contributed by atoms with E-state index in [1.54, 1.807) is 6.20 Å². The molecule has 1 N–H and O–H groups in total. The maximum Gasteiger partial charge on any atom is 0.0764 e. The van der Waals surface area contributed by atoms with Crippen molar-refractivity contribution in [2.45, 2.75) is 43.7 Å². The molecular weight excluding hydrogens is 252 g/mol. The topological polar surface area (TPSA) is 45.6 Å². The maximum atomic E-state index is 10.9. The van der Waals surface area contributed by atoms with E-state index >= 15 is 0 Å². The van der Waals surface area contributed by atoms with Crippen LogP contribution in [0.3, 0.4) is 0 Å². The summed E-state index contributed by atoms with van der Waals surface area (Å²) < 4.78 is 5.47. The first-order valence-electron chi connectivity index (χ1n) is 7.71. The van der Waals surface area contributed by atoms with Crippen molar-refractivity contribution in [3.63, 3.8) is 0 Å². The minimum absolute atomic E-state index is 0.0420. The molecule has 1 atom stereocenters. The highest BCUT2D eigenvalue weighted by Gasteiger charge is 2.45. The van der Waals surface area contributed by atoms with Crippen LogP contribution in [0.4, 0.5) is 0 Å². The molecule has 3 rings (SSSR count). The largest absolute Gasteiger partial charge is 0.391 e. The van der Waals surface area contributed by atoms with Gasteiger partial charge < -0.3 is 9.84 Å². The van der Waals surface area contributed by atoms with E-state index in [-0.39, 0.29) is 11.6 Å². The first kappa shape index (κ1) is 14.0. The Bertz CT molecular complexity index is 412. The van der Waals surface area contributed by atoms with Crippen LogP contribution in [0, 0.1) is 0 Å². The number of aliphatic hydroxyl groups is 1. The second kappa shape index (κ2) is 6.20. The van der Waals surface area contributed by atoms with E-state index in [9.17, 15) is 5.11 Å². The monoisotopic (exact) mass is 276 g/mol. The lowest BCUT2D eigenvalue weighted by molar-refractivity contribution is -0.0753. The first-order valence-corrected chi connectivity index (χ1v) is 7.71. The van der Waals surface area contributed by atoms with Gasteiger partial charge in [0.15, 0.2) is 0 Å². The second-order valence-electron chi connectivity index (χ2n) is 5.99. The summed E-state index contributed by atoms with van der Waals surface area (Å²) >= 11 is 0. The fraction of sp³-hybridized carbons (Fsp3) is 0.688. The van der Waals surface area contributed by atoms with E-state index in [1.807, 2.05) is 12.3 Å². The zero-order valence-electron chi connectivity index (χ0n) is 12.0. The molecule has 2 heterocycles. The molecule has 2 aliphatic rings. The van der Waals surface area contributed by atoms with Crippen LogP contribution in [-0.4, -0.2) is 52.9 Å². The van der Waals surface area contributed by atoms with Gasteiger partial charge in [-0.3, -0.25) is 9.88 Å². The Morgan fingerprint density at radius 3 is 2.70 bits per heavy atom. The van der Waals surface area contributed by atoms with Crippen molar-refractivity contribution < 1.29 is 9.84 Å². The van der Waals surface area contributed by atoms with Gasteiger partial charge in [-0.25, -0.2) is 0 Å². The summed E-state index contributed by atoms with van der Waals surface area (Å²) in [4.78, 5) is 6.63. The Labute approximate surface area is 120 Å². The number of ether oxygens (including phenoxy) is 1. The molecule has 0 aromatic carbocycles. The van der Waals surface area contributed by atoms with Gasteiger partial charge in [0.2, 0.25) is 0 Å². The standard InChI is InChI=1S/C16H24N2O2/c19-15(12-14-4-3-7-17-13-14)16(5-1-2-6-16)18-8-10-20-11-9-18/h3-4,7,13,15,19H,1-2,5-6,8-12H2. The van der Waals surface area contributed by atoms with Gasteiger partial charge in [0.25, 0.3) is 0 Å². The van der Waals surface area contributed by atoms with Gasteiger partial charge in [0.05, 0.1) is 19.3 Å². The SMILES string of the molecule is OC(Cc1cccnc1)C1(N2CCOCC2)CCCC1. The Morgan fingerprint density at radius 1 is 1.30 bits per heavy atom. The molecular formula is C16H24N2O2. The third-order valence-electron chi connectivity index (χ3n) is 4.88. The third kappa shape index (κ3) is 2.73. The lowest BCUT2D eigenvalue weighted by atomic mass is 9.84. The van der Waals surface area contributed by atoms with Crippen LogP contribution in [0.15, 0.2) is 24.5 Å². The molecule has 0 spiro atoms. The van der Waals surface area contributed by atoms with Gasteiger partial charge in [-0.05, 0) is 24.5 Å². The molecule has 1 saturated carbocycles. The summed E-state index contributed by atoms with van der Waals surface area (Å²) in [6.07, 6.45) is 8.69. The number of hydrogen-bond acceptors (Lipinski definition) is 4. The fourth-order valence-corrected chi connectivity index (χ4v) is 3.79. The van der Waals surface area contributed by atoms with E-state index < -0.39 is 0 Å². The second-order valence-corrected chi connectivity index (χ2v) is 5.99. The molecule has 1 unspecified atom stereocenters. The molecule has 0 amide bonds. The highest BCUT2D eigenvalue weighted by molar-refractivity contribution is 5.13. The molecule has 2 fully saturated rings. The summed E-state index contributed by atoms with van der Waals surface area (Å²) in [5, 5.41) is 10.9. The predicted octanol–water partition coefficient (Wildman–Crippen LogP) is 1.63. The number of hydrogen-bond donors (Lipinski definition) is 1. The van der Waals surface area contributed by atoms with Gasteiger partial charge in [-0.15, -0.1) is 0 Å². The zero-order valence-corrected chi connectivity index (χ0v) is 12.0. The number of aromatic nitrogens is 1. The van der Waals surface area contributed by atoms with Crippen LogP contribution in [0.25, 0.3) is 0 Å². The van der Waals surface area contributed by atoms with Crippen molar-refractivity contribution in [3.8, 4) is 0 Å². The Hall–Kier alpha value is -0.970. The normalized spacial score (nSPS) is 24.6. The average Bonchev–Trinajstić information content (AvgIpc) is 3.00. The van der Waals surface area contributed by atoms with Crippen LogP contribution in [0.5, 0.6) is 0 Å². The third-order valence-corrected chi connectivity index (χ3v) is 4.88. The van der Waals surface area contributed by atoms with Gasteiger partial charge in [0, 0.05) is 37.4 Å². The molecule has 110 valence electrons. The van der Waals surface area contributed by atoms with Gasteiger partial charge in [-0.2, -0.15) is 0 Å². The minimum Gasteiger partial charge on any atom is -0.391 e. The van der Waals surface area contributed by atoms with Crippen molar-refractivity contribution in [2.24, 2.45) is 0 Å². The Morgan fingerprint density at radius 2 is 2.05 bits per heavy atom. The zero-order chi connectivity index (χ0) is 13.8. The van der Waals surface area contributed by atoms with E-state index in [1.165, 1.54) is 12.8 Å².